The van der Waals surface area contributed by atoms with Crippen LogP contribution < -0.4 is 0 Å². The second-order valence-corrected chi connectivity index (χ2v) is 9.21. The van der Waals surface area contributed by atoms with E-state index in [2.05, 4.69) is 0 Å². The number of hydrogen-bond acceptors (Lipinski definition) is 4. The Morgan fingerprint density at radius 2 is 0.781 bits per heavy atom. The largest absolute Gasteiger partial charge is 0.476 e. The zero-order chi connectivity index (χ0) is 22.8. The Morgan fingerprint density at radius 1 is 0.531 bits per heavy atom. The molecule has 0 amide bonds. The highest BCUT2D eigenvalue weighted by atomic mass is 31.2. The lowest BCUT2D eigenvalue weighted by atomic mass is 10.1. The highest BCUT2D eigenvalue weighted by Gasteiger charge is 2.37. The molecule has 0 fully saturated rings. The van der Waals surface area contributed by atoms with Gasteiger partial charge in [0.15, 0.2) is 0 Å². The smallest absolute Gasteiger partial charge is 0.279 e. The minimum atomic E-state index is -3.93. The molecule has 0 aliphatic heterocycles. The van der Waals surface area contributed by atoms with E-state index in [9.17, 15) is 4.57 Å². The van der Waals surface area contributed by atoms with Crippen molar-refractivity contribution in [2.45, 2.75) is 58.3 Å². The lowest BCUT2D eigenvalue weighted by molar-refractivity contribution is 0.0262. The van der Waals surface area contributed by atoms with Crippen LogP contribution in [0.1, 0.15) is 75.0 Å². The fourth-order valence-electron chi connectivity index (χ4n) is 3.66. The molecule has 3 aromatic rings. The molecule has 32 heavy (non-hydrogen) atoms. The number of hydrogen-bond donors (Lipinski definition) is 0. The Labute approximate surface area is 192 Å². The van der Waals surface area contributed by atoms with Crippen molar-refractivity contribution in [1.82, 2.24) is 0 Å². The van der Waals surface area contributed by atoms with Gasteiger partial charge in [0.2, 0.25) is 0 Å². The molecule has 0 aliphatic rings. The van der Waals surface area contributed by atoms with Crippen LogP contribution in [0.3, 0.4) is 0 Å². The summed E-state index contributed by atoms with van der Waals surface area (Å²) in [5, 5.41) is 0. The van der Waals surface area contributed by atoms with Gasteiger partial charge in [-0.25, -0.2) is 4.57 Å². The fraction of sp³-hybridized carbons (Fsp3) is 0.333. The van der Waals surface area contributed by atoms with Gasteiger partial charge in [-0.1, -0.05) is 112 Å². The van der Waals surface area contributed by atoms with Gasteiger partial charge in [0, 0.05) is 0 Å². The van der Waals surface area contributed by atoms with E-state index in [0.717, 1.165) is 16.7 Å². The second-order valence-electron chi connectivity index (χ2n) is 7.69. The summed E-state index contributed by atoms with van der Waals surface area (Å²) in [5.41, 5.74) is 2.84. The van der Waals surface area contributed by atoms with Crippen LogP contribution in [-0.2, 0) is 18.1 Å². The molecule has 3 aromatic carbocycles. The first-order valence-corrected chi connectivity index (χ1v) is 12.8. The summed E-state index contributed by atoms with van der Waals surface area (Å²) in [6, 6.07) is 29.4. The topological polar surface area (TPSA) is 44.8 Å². The molecule has 0 saturated heterocycles. The number of phosphoric ester groups is 1. The Morgan fingerprint density at radius 3 is 1.00 bits per heavy atom. The maximum absolute atomic E-state index is 14.2. The van der Waals surface area contributed by atoms with Crippen LogP contribution in [0.5, 0.6) is 0 Å². The average molecular weight is 453 g/mol. The van der Waals surface area contributed by atoms with E-state index in [0.29, 0.717) is 19.3 Å². The molecule has 0 N–H and O–H groups in total. The Balaban J connectivity index is 1.92. The molecule has 0 aliphatic carbocycles. The van der Waals surface area contributed by atoms with Gasteiger partial charge in [-0.2, -0.15) is 0 Å². The predicted octanol–water partition coefficient (Wildman–Crippen LogP) is 8.60. The van der Waals surface area contributed by atoms with E-state index in [1.54, 1.807) is 0 Å². The van der Waals surface area contributed by atoms with Crippen molar-refractivity contribution in [3.63, 3.8) is 0 Å². The minimum absolute atomic E-state index is 0.399. The molecule has 5 heteroatoms. The Bertz CT molecular complexity index is 836. The standard InChI is InChI=1S/C27H33O4P/c1-4-25(22-16-10-7-11-17-22)29-32(28,30-26(5-2)23-18-12-8-13-19-23)31-27(6-3)24-20-14-9-15-21-24/h7-21,25-27H,4-6H2,1-3H3. The normalized spacial score (nSPS) is 16.1. The van der Waals surface area contributed by atoms with E-state index < -0.39 is 26.1 Å². The van der Waals surface area contributed by atoms with Crippen LogP contribution in [-0.4, -0.2) is 0 Å². The summed E-state index contributed by atoms with van der Waals surface area (Å²) in [5.74, 6) is 0. The van der Waals surface area contributed by atoms with Crippen LogP contribution in [0.2, 0.25) is 0 Å². The fourth-order valence-corrected chi connectivity index (χ4v) is 5.55. The summed E-state index contributed by atoms with van der Waals surface area (Å²) in [6.07, 6.45) is 0.733. The lowest BCUT2D eigenvalue weighted by Crippen LogP contribution is -2.12. The van der Waals surface area contributed by atoms with Gasteiger partial charge in [0.05, 0.1) is 18.3 Å². The first-order valence-electron chi connectivity index (χ1n) is 11.4. The molecule has 0 aromatic heterocycles. The van der Waals surface area contributed by atoms with Gasteiger partial charge < -0.3 is 0 Å². The molecule has 3 unspecified atom stereocenters. The van der Waals surface area contributed by atoms with Crippen LogP contribution in [0, 0.1) is 0 Å². The Hall–Kier alpha value is -2.23. The molecule has 4 nitrogen and oxygen atoms in total. The predicted molar refractivity (Wildman–Crippen MR) is 129 cm³/mol. The summed E-state index contributed by atoms with van der Waals surface area (Å²) >= 11 is 0. The molecule has 3 atom stereocenters. The molecular formula is C27H33O4P. The minimum Gasteiger partial charge on any atom is -0.279 e. The molecule has 0 bridgehead atoms. The van der Waals surface area contributed by atoms with E-state index in [1.807, 2.05) is 112 Å². The van der Waals surface area contributed by atoms with E-state index in [1.165, 1.54) is 0 Å². The summed E-state index contributed by atoms with van der Waals surface area (Å²) < 4.78 is 32.8. The highest BCUT2D eigenvalue weighted by molar-refractivity contribution is 7.48. The van der Waals surface area contributed by atoms with Gasteiger partial charge in [-0.05, 0) is 36.0 Å². The first-order chi connectivity index (χ1) is 15.6. The van der Waals surface area contributed by atoms with Gasteiger partial charge in [0.25, 0.3) is 0 Å². The van der Waals surface area contributed by atoms with E-state index in [4.69, 9.17) is 13.6 Å². The summed E-state index contributed by atoms with van der Waals surface area (Å²) in [4.78, 5) is 0. The van der Waals surface area contributed by atoms with Crippen LogP contribution in [0.4, 0.5) is 0 Å². The van der Waals surface area contributed by atoms with Crippen molar-refractivity contribution in [3.8, 4) is 0 Å². The zero-order valence-corrected chi connectivity index (χ0v) is 20.0. The third-order valence-electron chi connectivity index (χ3n) is 5.40. The molecular weight excluding hydrogens is 419 g/mol. The SMILES string of the molecule is CCC(OP(=O)(OC(CC)c1ccccc1)OC(CC)c1ccccc1)c1ccccc1. The summed E-state index contributed by atoms with van der Waals surface area (Å²) in [6.45, 7) is 6.01. The molecule has 3 rings (SSSR count). The van der Waals surface area contributed by atoms with E-state index >= 15 is 0 Å². The summed E-state index contributed by atoms with van der Waals surface area (Å²) in [7, 11) is -3.93. The van der Waals surface area contributed by atoms with Crippen molar-refractivity contribution in [1.29, 1.82) is 0 Å². The second kappa shape index (κ2) is 12.1. The maximum atomic E-state index is 14.2. The number of rotatable bonds is 12. The van der Waals surface area contributed by atoms with Gasteiger partial charge in [-0.15, -0.1) is 0 Å². The van der Waals surface area contributed by atoms with Crippen LogP contribution in [0.15, 0.2) is 91.0 Å². The van der Waals surface area contributed by atoms with Gasteiger partial charge in [-0.3, -0.25) is 13.6 Å². The Kier molecular flexibility index (Phi) is 9.25. The van der Waals surface area contributed by atoms with Crippen molar-refractivity contribution >= 4 is 7.82 Å². The molecule has 170 valence electrons. The van der Waals surface area contributed by atoms with Crippen LogP contribution >= 0.6 is 7.82 Å². The average Bonchev–Trinajstić information content (AvgIpc) is 2.86. The molecule has 0 saturated carbocycles. The van der Waals surface area contributed by atoms with Crippen molar-refractivity contribution in [2.24, 2.45) is 0 Å². The van der Waals surface area contributed by atoms with Crippen LogP contribution in [0.25, 0.3) is 0 Å². The molecule has 0 heterocycles. The van der Waals surface area contributed by atoms with Crippen molar-refractivity contribution in [2.75, 3.05) is 0 Å². The highest BCUT2D eigenvalue weighted by Crippen LogP contribution is 2.60. The van der Waals surface area contributed by atoms with E-state index in [-0.39, 0.29) is 0 Å². The third kappa shape index (κ3) is 6.63. The quantitative estimate of drug-likeness (QED) is 0.258. The molecule has 0 radical (unpaired) electrons. The maximum Gasteiger partial charge on any atom is 0.476 e. The van der Waals surface area contributed by atoms with Gasteiger partial charge >= 0.3 is 7.82 Å². The monoisotopic (exact) mass is 452 g/mol. The third-order valence-corrected chi connectivity index (χ3v) is 6.93. The van der Waals surface area contributed by atoms with Crippen molar-refractivity contribution in [3.05, 3.63) is 108 Å². The van der Waals surface area contributed by atoms with Gasteiger partial charge in [0.1, 0.15) is 0 Å². The number of benzene rings is 3. The molecule has 0 spiro atoms. The first kappa shape index (κ1) is 24.4. The lowest BCUT2D eigenvalue weighted by Gasteiger charge is -2.30. The zero-order valence-electron chi connectivity index (χ0n) is 19.1. The number of phosphoric acid groups is 1. The van der Waals surface area contributed by atoms with Crippen molar-refractivity contribution < 1.29 is 18.1 Å².